The Labute approximate surface area is 145 Å². The van der Waals surface area contributed by atoms with Crippen molar-refractivity contribution in [1.82, 2.24) is 0 Å². The Morgan fingerprint density at radius 1 is 0.958 bits per heavy atom. The van der Waals surface area contributed by atoms with E-state index in [4.69, 9.17) is 9.47 Å². The van der Waals surface area contributed by atoms with Gasteiger partial charge in [-0.2, -0.15) is 0 Å². The first-order valence-electron chi connectivity index (χ1n) is 8.27. The number of rotatable bonds is 5. The molecule has 0 spiro atoms. The van der Waals surface area contributed by atoms with Crippen molar-refractivity contribution in [2.45, 2.75) is 53.2 Å². The first-order valence-corrected chi connectivity index (χ1v) is 8.27. The lowest BCUT2D eigenvalue weighted by Gasteiger charge is -2.22. The topological polar surface area (TPSA) is 38.7 Å². The van der Waals surface area contributed by atoms with Crippen molar-refractivity contribution < 1.29 is 14.6 Å². The average molecular weight is 328 g/mol. The van der Waals surface area contributed by atoms with Gasteiger partial charge in [-0.15, -0.1) is 0 Å². The lowest BCUT2D eigenvalue weighted by molar-refractivity contribution is 0.273. The Morgan fingerprint density at radius 2 is 1.58 bits per heavy atom. The molecule has 2 aromatic rings. The molecule has 0 aromatic heterocycles. The molecule has 0 fully saturated rings. The van der Waals surface area contributed by atoms with Gasteiger partial charge in [0.1, 0.15) is 6.61 Å². The van der Waals surface area contributed by atoms with E-state index in [1.807, 2.05) is 12.1 Å². The van der Waals surface area contributed by atoms with Crippen LogP contribution in [0.3, 0.4) is 0 Å². The molecule has 130 valence electrons. The molecule has 24 heavy (non-hydrogen) atoms. The van der Waals surface area contributed by atoms with Crippen molar-refractivity contribution in [3.05, 3.63) is 58.1 Å². The molecule has 1 N–H and O–H groups in total. The molecule has 3 heteroatoms. The number of aryl methyl sites for hydroxylation is 2. The lowest BCUT2D eigenvalue weighted by Crippen LogP contribution is -2.13. The largest absolute Gasteiger partial charge is 0.493 e. The van der Waals surface area contributed by atoms with Crippen LogP contribution in [-0.2, 0) is 18.6 Å². The van der Waals surface area contributed by atoms with Crippen molar-refractivity contribution >= 4 is 0 Å². The quantitative estimate of drug-likeness (QED) is 0.866. The van der Waals surface area contributed by atoms with Crippen LogP contribution in [0.2, 0.25) is 0 Å². The van der Waals surface area contributed by atoms with Crippen LogP contribution < -0.4 is 9.47 Å². The third-order valence-corrected chi connectivity index (χ3v) is 4.34. The summed E-state index contributed by atoms with van der Waals surface area (Å²) < 4.78 is 11.4. The summed E-state index contributed by atoms with van der Waals surface area (Å²) >= 11 is 0. The van der Waals surface area contributed by atoms with Crippen LogP contribution in [0.15, 0.2) is 30.3 Å². The van der Waals surface area contributed by atoms with Gasteiger partial charge < -0.3 is 14.6 Å². The minimum atomic E-state index is -0.0108. The van der Waals surface area contributed by atoms with Gasteiger partial charge >= 0.3 is 0 Å². The molecule has 0 saturated heterocycles. The van der Waals surface area contributed by atoms with Crippen molar-refractivity contribution in [2.24, 2.45) is 0 Å². The number of hydrogen-bond acceptors (Lipinski definition) is 3. The molecule has 0 heterocycles. The third-order valence-electron chi connectivity index (χ3n) is 4.34. The van der Waals surface area contributed by atoms with Gasteiger partial charge in [-0.1, -0.05) is 39.0 Å². The molecule has 0 aliphatic rings. The molecule has 3 nitrogen and oxygen atoms in total. The van der Waals surface area contributed by atoms with Crippen LogP contribution in [0.1, 0.15) is 48.6 Å². The van der Waals surface area contributed by atoms with E-state index in [9.17, 15) is 5.11 Å². The monoisotopic (exact) mass is 328 g/mol. The van der Waals surface area contributed by atoms with Crippen LogP contribution >= 0.6 is 0 Å². The molecular weight excluding hydrogens is 300 g/mol. The molecule has 0 aliphatic heterocycles. The zero-order valence-corrected chi connectivity index (χ0v) is 15.6. The van der Waals surface area contributed by atoms with E-state index >= 15 is 0 Å². The number of hydrogen-bond donors (Lipinski definition) is 1. The predicted octanol–water partition coefficient (Wildman–Crippen LogP) is 4.68. The fourth-order valence-electron chi connectivity index (χ4n) is 2.73. The number of methoxy groups -OCH3 is 1. The normalized spacial score (nSPS) is 11.5. The Hall–Kier alpha value is -2.00. The Morgan fingerprint density at radius 3 is 2.08 bits per heavy atom. The van der Waals surface area contributed by atoms with Gasteiger partial charge in [-0.3, -0.25) is 0 Å². The smallest absolute Gasteiger partial charge is 0.161 e. The van der Waals surface area contributed by atoms with E-state index in [0.717, 1.165) is 5.56 Å². The summed E-state index contributed by atoms with van der Waals surface area (Å²) in [5.74, 6) is 1.33. The molecule has 0 radical (unpaired) electrons. The minimum absolute atomic E-state index is 0.0108. The lowest BCUT2D eigenvalue weighted by atomic mass is 9.84. The first kappa shape index (κ1) is 18.3. The fourth-order valence-corrected chi connectivity index (χ4v) is 2.73. The standard InChI is InChI=1S/C21H28O3/c1-14-9-17(21(3,4)5)10-15(2)18(14)13-24-19-8-7-16(12-22)11-20(19)23-6/h7-11,22H,12-13H2,1-6H3. The highest BCUT2D eigenvalue weighted by atomic mass is 16.5. The maximum absolute atomic E-state index is 9.22. The van der Waals surface area contributed by atoms with E-state index < -0.39 is 0 Å². The molecule has 0 saturated carbocycles. The van der Waals surface area contributed by atoms with Gasteiger partial charge in [-0.05, 0) is 59.2 Å². The van der Waals surface area contributed by atoms with Gasteiger partial charge in [-0.25, -0.2) is 0 Å². The highest BCUT2D eigenvalue weighted by molar-refractivity contribution is 5.44. The molecule has 0 amide bonds. The zero-order valence-electron chi connectivity index (χ0n) is 15.6. The Balaban J connectivity index is 2.24. The maximum Gasteiger partial charge on any atom is 0.161 e. The number of benzene rings is 2. The molecule has 0 atom stereocenters. The van der Waals surface area contributed by atoms with E-state index in [1.54, 1.807) is 13.2 Å². The number of ether oxygens (including phenoxy) is 2. The van der Waals surface area contributed by atoms with E-state index in [1.165, 1.54) is 22.3 Å². The molecule has 0 bridgehead atoms. The minimum Gasteiger partial charge on any atom is -0.493 e. The second-order valence-electron chi connectivity index (χ2n) is 7.27. The summed E-state index contributed by atoms with van der Waals surface area (Å²) in [4.78, 5) is 0. The first-order chi connectivity index (χ1) is 11.3. The Bertz CT molecular complexity index is 689. The summed E-state index contributed by atoms with van der Waals surface area (Å²) in [5, 5.41) is 9.22. The van der Waals surface area contributed by atoms with Gasteiger partial charge in [0.25, 0.3) is 0 Å². The zero-order chi connectivity index (χ0) is 17.9. The van der Waals surface area contributed by atoms with Crippen molar-refractivity contribution in [3.63, 3.8) is 0 Å². The van der Waals surface area contributed by atoms with E-state index in [0.29, 0.717) is 18.1 Å². The van der Waals surface area contributed by atoms with Gasteiger partial charge in [0.05, 0.1) is 13.7 Å². The SMILES string of the molecule is COc1cc(CO)ccc1OCc1c(C)cc(C(C)(C)C)cc1C. The highest BCUT2D eigenvalue weighted by Crippen LogP contribution is 2.31. The second-order valence-corrected chi connectivity index (χ2v) is 7.27. The second kappa shape index (κ2) is 7.27. The molecule has 0 unspecified atom stereocenters. The van der Waals surface area contributed by atoms with Crippen LogP contribution in [0.4, 0.5) is 0 Å². The van der Waals surface area contributed by atoms with Crippen LogP contribution in [0, 0.1) is 13.8 Å². The van der Waals surface area contributed by atoms with Crippen molar-refractivity contribution in [3.8, 4) is 11.5 Å². The Kier molecular flexibility index (Phi) is 5.55. The third kappa shape index (κ3) is 4.09. The van der Waals surface area contributed by atoms with Crippen LogP contribution in [0.5, 0.6) is 11.5 Å². The van der Waals surface area contributed by atoms with E-state index in [2.05, 4.69) is 46.8 Å². The molecular formula is C21H28O3. The summed E-state index contributed by atoms with van der Waals surface area (Å²) in [7, 11) is 1.61. The summed E-state index contributed by atoms with van der Waals surface area (Å²) in [6.07, 6.45) is 0. The van der Waals surface area contributed by atoms with Gasteiger partial charge in [0, 0.05) is 0 Å². The van der Waals surface area contributed by atoms with Gasteiger partial charge in [0.2, 0.25) is 0 Å². The van der Waals surface area contributed by atoms with Crippen molar-refractivity contribution in [1.29, 1.82) is 0 Å². The summed E-state index contributed by atoms with van der Waals surface area (Å²) in [5.41, 5.74) is 5.97. The summed E-state index contributed by atoms with van der Waals surface area (Å²) in [6, 6.07) is 9.99. The highest BCUT2D eigenvalue weighted by Gasteiger charge is 2.17. The van der Waals surface area contributed by atoms with Crippen molar-refractivity contribution in [2.75, 3.05) is 7.11 Å². The predicted molar refractivity (Wildman–Crippen MR) is 97.9 cm³/mol. The fraction of sp³-hybridized carbons (Fsp3) is 0.429. The molecule has 2 rings (SSSR count). The summed E-state index contributed by atoms with van der Waals surface area (Å²) in [6.45, 7) is 11.4. The molecule has 2 aromatic carbocycles. The number of aliphatic hydroxyl groups excluding tert-OH is 1. The average Bonchev–Trinajstić information content (AvgIpc) is 2.53. The number of aliphatic hydroxyl groups is 1. The maximum atomic E-state index is 9.22. The van der Waals surface area contributed by atoms with E-state index in [-0.39, 0.29) is 12.0 Å². The van der Waals surface area contributed by atoms with Gasteiger partial charge in [0.15, 0.2) is 11.5 Å². The molecule has 0 aliphatic carbocycles. The van der Waals surface area contributed by atoms with Crippen LogP contribution in [0.25, 0.3) is 0 Å². The van der Waals surface area contributed by atoms with Crippen LogP contribution in [-0.4, -0.2) is 12.2 Å².